The summed E-state index contributed by atoms with van der Waals surface area (Å²) in [5, 5.41) is 13.3. The molecule has 1 saturated heterocycles. The maximum Gasteiger partial charge on any atom is 0.407 e. The van der Waals surface area contributed by atoms with Crippen molar-refractivity contribution in [2.45, 2.75) is 18.4 Å². The van der Waals surface area contributed by atoms with E-state index in [1.54, 1.807) is 0 Å². The van der Waals surface area contributed by atoms with E-state index in [-0.39, 0.29) is 24.1 Å². The second-order valence-corrected chi connectivity index (χ2v) is 10.5. The summed E-state index contributed by atoms with van der Waals surface area (Å²) in [6.07, 6.45) is -0.742. The Morgan fingerprint density at radius 1 is 1.11 bits per heavy atom. The van der Waals surface area contributed by atoms with E-state index in [2.05, 4.69) is 39.3 Å². The Labute approximate surface area is 218 Å². The van der Waals surface area contributed by atoms with Crippen LogP contribution in [0.4, 0.5) is 9.93 Å². The van der Waals surface area contributed by atoms with Crippen LogP contribution in [0.2, 0.25) is 5.15 Å². The van der Waals surface area contributed by atoms with Gasteiger partial charge in [-0.15, -0.1) is 11.3 Å². The number of ether oxygens (including phenoxy) is 1. The molecule has 1 aliphatic heterocycles. The molecule has 1 unspecified atom stereocenters. The topological polar surface area (TPSA) is 95.0 Å². The molecule has 0 radical (unpaired) electrons. The van der Waals surface area contributed by atoms with E-state index in [9.17, 15) is 14.7 Å². The van der Waals surface area contributed by atoms with Gasteiger partial charge in [0.2, 0.25) is 0 Å². The summed E-state index contributed by atoms with van der Waals surface area (Å²) < 4.78 is 5.53. The third-order valence-corrected chi connectivity index (χ3v) is 8.30. The number of carbonyl (C=O) groups excluding carboxylic acids is 1. The number of anilines is 1. The van der Waals surface area contributed by atoms with Crippen LogP contribution in [0.1, 0.15) is 21.9 Å². The molecular formula is C26H27ClN4O4S. The van der Waals surface area contributed by atoms with Gasteiger partial charge in [0.1, 0.15) is 17.8 Å². The summed E-state index contributed by atoms with van der Waals surface area (Å²) in [6.45, 7) is 3.63. The van der Waals surface area contributed by atoms with Gasteiger partial charge >= 0.3 is 12.1 Å². The summed E-state index contributed by atoms with van der Waals surface area (Å²) in [6, 6.07) is 14.9. The number of fused-ring (bicyclic) bond motifs is 3. The molecule has 0 saturated carbocycles. The number of carbonyl (C=O) groups is 2. The van der Waals surface area contributed by atoms with Crippen LogP contribution < -0.4 is 10.2 Å². The predicted octanol–water partition coefficient (Wildman–Crippen LogP) is 4.08. The summed E-state index contributed by atoms with van der Waals surface area (Å²) in [5.74, 6) is -1.26. The molecule has 1 fully saturated rings. The Bertz CT molecular complexity index is 1230. The number of rotatable bonds is 7. The van der Waals surface area contributed by atoms with Gasteiger partial charge in [-0.3, -0.25) is 0 Å². The molecule has 1 aromatic heterocycles. The fraction of sp³-hybridized carbons (Fsp3) is 0.346. The van der Waals surface area contributed by atoms with E-state index in [0.29, 0.717) is 4.88 Å². The Kier molecular flexibility index (Phi) is 7.13. The molecule has 2 aliphatic rings. The number of benzene rings is 2. The van der Waals surface area contributed by atoms with Crippen LogP contribution in [0, 0.1) is 0 Å². The summed E-state index contributed by atoms with van der Waals surface area (Å²) in [4.78, 5) is 34.0. The monoisotopic (exact) mass is 526 g/mol. The molecule has 1 aliphatic carbocycles. The number of halogens is 1. The van der Waals surface area contributed by atoms with E-state index >= 15 is 0 Å². The zero-order valence-corrected chi connectivity index (χ0v) is 21.4. The minimum atomic E-state index is -1.18. The molecule has 10 heteroatoms. The smallest absolute Gasteiger partial charge is 0.407 e. The predicted molar refractivity (Wildman–Crippen MR) is 140 cm³/mol. The van der Waals surface area contributed by atoms with E-state index < -0.39 is 18.1 Å². The van der Waals surface area contributed by atoms with E-state index in [4.69, 9.17) is 16.3 Å². The van der Waals surface area contributed by atoms with Gasteiger partial charge in [0.05, 0.1) is 0 Å². The van der Waals surface area contributed by atoms with Gasteiger partial charge in [0.25, 0.3) is 0 Å². The minimum absolute atomic E-state index is 0.0315. The van der Waals surface area contributed by atoms with Crippen molar-refractivity contribution in [3.63, 3.8) is 0 Å². The highest BCUT2D eigenvalue weighted by atomic mass is 35.5. The average molecular weight is 527 g/mol. The lowest BCUT2D eigenvalue weighted by molar-refractivity contribution is -0.139. The van der Waals surface area contributed by atoms with Gasteiger partial charge in [-0.25, -0.2) is 14.6 Å². The van der Waals surface area contributed by atoms with E-state index in [0.717, 1.165) is 53.6 Å². The number of hydrogen-bond donors (Lipinski definition) is 2. The number of likely N-dealkylation sites (N-methyl/N-ethyl adjacent to an activating group) is 1. The van der Waals surface area contributed by atoms with Crippen molar-refractivity contribution in [1.82, 2.24) is 15.2 Å². The van der Waals surface area contributed by atoms with Gasteiger partial charge < -0.3 is 25.0 Å². The molecule has 36 heavy (non-hydrogen) atoms. The quantitative estimate of drug-likeness (QED) is 0.479. The number of aliphatic carboxylic acids is 1. The van der Waals surface area contributed by atoms with Crippen molar-refractivity contribution in [3.8, 4) is 11.1 Å². The molecule has 2 N–H and O–H groups in total. The number of aromatic nitrogens is 1. The van der Waals surface area contributed by atoms with Crippen LogP contribution >= 0.6 is 22.9 Å². The highest BCUT2D eigenvalue weighted by Crippen LogP contribution is 2.44. The SMILES string of the molecule is CN1CCN(c2nc(Cl)c(CC(NC(=O)OCC3c4ccccc4-c4ccccc43)C(=O)O)s2)CC1. The molecule has 3 aromatic rings. The number of carboxylic acid groups (broad SMARTS) is 1. The Morgan fingerprint density at radius 3 is 2.33 bits per heavy atom. The fourth-order valence-corrected chi connectivity index (χ4v) is 6.12. The molecule has 2 aromatic carbocycles. The first-order valence-corrected chi connectivity index (χ1v) is 13.0. The number of nitrogens with zero attached hydrogens (tertiary/aromatic N) is 3. The first kappa shape index (κ1) is 24.5. The Balaban J connectivity index is 1.23. The summed E-state index contributed by atoms with van der Waals surface area (Å²) in [7, 11) is 2.07. The lowest BCUT2D eigenvalue weighted by Gasteiger charge is -2.32. The lowest BCUT2D eigenvalue weighted by Crippen LogP contribution is -2.44. The molecule has 0 bridgehead atoms. The zero-order valence-electron chi connectivity index (χ0n) is 19.8. The van der Waals surface area contributed by atoms with Crippen molar-refractivity contribution in [2.75, 3.05) is 44.7 Å². The second kappa shape index (κ2) is 10.5. The molecule has 5 rings (SSSR count). The first-order valence-electron chi connectivity index (χ1n) is 11.8. The van der Waals surface area contributed by atoms with E-state index in [1.807, 2.05) is 36.4 Å². The lowest BCUT2D eigenvalue weighted by atomic mass is 9.98. The molecule has 2 heterocycles. The molecule has 1 amide bonds. The van der Waals surface area contributed by atoms with Crippen LogP contribution in [0.15, 0.2) is 48.5 Å². The average Bonchev–Trinajstić information content (AvgIpc) is 3.40. The molecule has 0 spiro atoms. The third kappa shape index (κ3) is 5.04. The highest BCUT2D eigenvalue weighted by molar-refractivity contribution is 7.16. The summed E-state index contributed by atoms with van der Waals surface area (Å²) in [5.41, 5.74) is 4.44. The second-order valence-electron chi connectivity index (χ2n) is 9.07. The minimum Gasteiger partial charge on any atom is -0.480 e. The highest BCUT2D eigenvalue weighted by Gasteiger charge is 2.30. The molecule has 188 valence electrons. The van der Waals surface area contributed by atoms with Crippen LogP contribution in [0.3, 0.4) is 0 Å². The number of carboxylic acids is 1. The van der Waals surface area contributed by atoms with Gasteiger partial charge in [0, 0.05) is 43.4 Å². The van der Waals surface area contributed by atoms with E-state index in [1.165, 1.54) is 11.3 Å². The number of piperazine rings is 1. The van der Waals surface area contributed by atoms with Crippen LogP contribution in [-0.4, -0.2) is 72.9 Å². The number of thiazole rings is 1. The van der Waals surface area contributed by atoms with Gasteiger partial charge in [-0.1, -0.05) is 60.1 Å². The zero-order chi connectivity index (χ0) is 25.2. The largest absolute Gasteiger partial charge is 0.480 e. The first-order chi connectivity index (χ1) is 17.4. The fourth-order valence-electron chi connectivity index (χ4n) is 4.75. The normalized spacial score (nSPS) is 16.3. The van der Waals surface area contributed by atoms with Crippen molar-refractivity contribution in [1.29, 1.82) is 0 Å². The van der Waals surface area contributed by atoms with Gasteiger partial charge in [-0.2, -0.15) is 0 Å². The maximum atomic E-state index is 12.6. The Hall–Kier alpha value is -3.14. The summed E-state index contributed by atoms with van der Waals surface area (Å²) >= 11 is 7.71. The van der Waals surface area contributed by atoms with Crippen LogP contribution in [-0.2, 0) is 16.0 Å². The van der Waals surface area contributed by atoms with Crippen molar-refractivity contribution >= 4 is 40.1 Å². The van der Waals surface area contributed by atoms with Crippen molar-refractivity contribution < 1.29 is 19.4 Å². The molecule has 8 nitrogen and oxygen atoms in total. The standard InChI is InChI=1S/C26H27ClN4O4S/c1-30-10-12-31(13-11-30)25-29-23(27)22(36-25)14-21(24(32)33)28-26(34)35-15-20-18-8-4-2-6-16(18)17-7-3-5-9-19(17)20/h2-9,20-21H,10-15H2,1H3,(H,28,34)(H,32,33). The van der Waals surface area contributed by atoms with Crippen molar-refractivity contribution in [2.24, 2.45) is 0 Å². The maximum absolute atomic E-state index is 12.6. The molecule has 1 atom stereocenters. The number of nitrogens with one attached hydrogen (secondary N) is 1. The van der Waals surface area contributed by atoms with Crippen LogP contribution in [0.5, 0.6) is 0 Å². The third-order valence-electron chi connectivity index (χ3n) is 6.74. The van der Waals surface area contributed by atoms with Gasteiger partial charge in [-0.05, 0) is 29.3 Å². The number of amides is 1. The number of hydrogen-bond acceptors (Lipinski definition) is 7. The molecular weight excluding hydrogens is 500 g/mol. The van der Waals surface area contributed by atoms with Gasteiger partial charge in [0.15, 0.2) is 5.13 Å². The van der Waals surface area contributed by atoms with Crippen molar-refractivity contribution in [3.05, 3.63) is 69.7 Å². The van der Waals surface area contributed by atoms with Crippen LogP contribution in [0.25, 0.3) is 11.1 Å². The Morgan fingerprint density at radius 2 is 1.72 bits per heavy atom. The number of alkyl carbamates (subject to hydrolysis) is 1.